The van der Waals surface area contributed by atoms with Gasteiger partial charge in [0.25, 0.3) is 5.91 Å². The van der Waals surface area contributed by atoms with Crippen LogP contribution < -0.4 is 10.6 Å². The first-order chi connectivity index (χ1) is 13.0. The highest BCUT2D eigenvalue weighted by Gasteiger charge is 2.23. The molecular weight excluding hydrogens is 340 g/mol. The van der Waals surface area contributed by atoms with Crippen molar-refractivity contribution in [2.75, 3.05) is 5.32 Å². The maximum absolute atomic E-state index is 12.9. The number of rotatable bonds is 6. The van der Waals surface area contributed by atoms with E-state index in [0.717, 1.165) is 22.4 Å². The number of carbonyl (C=O) groups excluding carboxylic acids is 2. The lowest BCUT2D eigenvalue weighted by Crippen LogP contribution is -2.45. The van der Waals surface area contributed by atoms with Gasteiger partial charge < -0.3 is 15.1 Å². The van der Waals surface area contributed by atoms with E-state index in [1.165, 1.54) is 6.26 Å². The molecule has 2 amide bonds. The molecule has 1 heterocycles. The molecule has 2 aromatic carbocycles. The number of aryl methyl sites for hydroxylation is 2. The molecule has 138 valence electrons. The number of nitrogens with one attached hydrogen (secondary N) is 2. The molecule has 27 heavy (non-hydrogen) atoms. The first-order valence-electron chi connectivity index (χ1n) is 8.79. The Morgan fingerprint density at radius 3 is 2.48 bits per heavy atom. The van der Waals surface area contributed by atoms with E-state index in [2.05, 4.69) is 10.6 Å². The Labute approximate surface area is 158 Å². The summed E-state index contributed by atoms with van der Waals surface area (Å²) in [6.45, 7) is 3.90. The van der Waals surface area contributed by atoms with Crippen LogP contribution >= 0.6 is 0 Å². The quantitative estimate of drug-likeness (QED) is 0.699. The summed E-state index contributed by atoms with van der Waals surface area (Å²) < 4.78 is 5.14. The summed E-state index contributed by atoms with van der Waals surface area (Å²) in [7, 11) is 0. The van der Waals surface area contributed by atoms with Gasteiger partial charge in [0.05, 0.1) is 6.26 Å². The molecular formula is C22H22N2O3. The Hall–Kier alpha value is -3.34. The predicted molar refractivity (Wildman–Crippen MR) is 105 cm³/mol. The fraction of sp³-hybridized carbons (Fsp3) is 0.182. The number of carbonyl (C=O) groups is 2. The number of anilines is 1. The summed E-state index contributed by atoms with van der Waals surface area (Å²) in [6, 6.07) is 17.9. The zero-order valence-corrected chi connectivity index (χ0v) is 15.4. The minimum absolute atomic E-state index is 0.174. The van der Waals surface area contributed by atoms with Gasteiger partial charge in [-0.3, -0.25) is 9.59 Å². The number of hydrogen-bond acceptors (Lipinski definition) is 3. The van der Waals surface area contributed by atoms with E-state index >= 15 is 0 Å². The van der Waals surface area contributed by atoms with Crippen LogP contribution in [-0.4, -0.2) is 17.9 Å². The van der Waals surface area contributed by atoms with Crippen molar-refractivity contribution < 1.29 is 14.0 Å². The summed E-state index contributed by atoms with van der Waals surface area (Å²) in [6.07, 6.45) is 1.81. The molecule has 5 heteroatoms. The summed E-state index contributed by atoms with van der Waals surface area (Å²) >= 11 is 0. The fourth-order valence-corrected chi connectivity index (χ4v) is 2.79. The van der Waals surface area contributed by atoms with Gasteiger partial charge in [0.1, 0.15) is 6.04 Å². The molecule has 2 N–H and O–H groups in total. The molecule has 0 bridgehead atoms. The highest BCUT2D eigenvalue weighted by atomic mass is 16.3. The van der Waals surface area contributed by atoms with Crippen LogP contribution in [0.5, 0.6) is 0 Å². The van der Waals surface area contributed by atoms with Crippen LogP contribution in [0.4, 0.5) is 5.69 Å². The number of furan rings is 1. The molecule has 1 aromatic heterocycles. The SMILES string of the molecule is Cc1ccc(C)c(NC(=O)C(Cc2ccccc2)NC(=O)c2ccco2)c1. The Kier molecular flexibility index (Phi) is 5.71. The molecule has 3 aromatic rings. The first kappa shape index (κ1) is 18.5. The maximum Gasteiger partial charge on any atom is 0.287 e. The molecule has 3 rings (SSSR count). The van der Waals surface area contributed by atoms with Crippen LogP contribution in [-0.2, 0) is 11.2 Å². The van der Waals surface area contributed by atoms with E-state index in [4.69, 9.17) is 4.42 Å². The van der Waals surface area contributed by atoms with E-state index in [-0.39, 0.29) is 11.7 Å². The lowest BCUT2D eigenvalue weighted by atomic mass is 10.0. The Morgan fingerprint density at radius 2 is 1.78 bits per heavy atom. The van der Waals surface area contributed by atoms with E-state index in [9.17, 15) is 9.59 Å². The van der Waals surface area contributed by atoms with Gasteiger partial charge in [0, 0.05) is 12.1 Å². The highest BCUT2D eigenvalue weighted by molar-refractivity contribution is 6.00. The number of amides is 2. The zero-order valence-electron chi connectivity index (χ0n) is 15.4. The van der Waals surface area contributed by atoms with Gasteiger partial charge in [-0.05, 0) is 48.7 Å². The molecule has 1 unspecified atom stereocenters. The standard InChI is InChI=1S/C22H22N2O3/c1-15-10-11-16(2)18(13-15)23-21(25)19(14-17-7-4-3-5-8-17)24-22(26)20-9-6-12-27-20/h3-13,19H,14H2,1-2H3,(H,23,25)(H,24,26). The third-order valence-corrected chi connectivity index (χ3v) is 4.30. The van der Waals surface area contributed by atoms with Crippen LogP contribution in [0.3, 0.4) is 0 Å². The van der Waals surface area contributed by atoms with Crippen LogP contribution in [0.2, 0.25) is 0 Å². The Morgan fingerprint density at radius 1 is 1.00 bits per heavy atom. The van der Waals surface area contributed by atoms with Gasteiger partial charge in [0.2, 0.25) is 5.91 Å². The predicted octanol–water partition coefficient (Wildman–Crippen LogP) is 3.88. The van der Waals surface area contributed by atoms with Crippen LogP contribution in [0.1, 0.15) is 27.2 Å². The zero-order chi connectivity index (χ0) is 19.2. The first-order valence-corrected chi connectivity index (χ1v) is 8.79. The minimum atomic E-state index is -0.732. The second-order valence-electron chi connectivity index (χ2n) is 6.50. The molecule has 0 aliphatic rings. The van der Waals surface area contributed by atoms with Crippen LogP contribution in [0, 0.1) is 13.8 Å². The summed E-state index contributed by atoms with van der Waals surface area (Å²) in [5, 5.41) is 5.72. The molecule has 0 fully saturated rings. The molecule has 0 saturated heterocycles. The maximum atomic E-state index is 12.9. The molecule has 5 nitrogen and oxygen atoms in total. The second-order valence-corrected chi connectivity index (χ2v) is 6.50. The van der Waals surface area contributed by atoms with E-state index in [1.54, 1.807) is 12.1 Å². The summed E-state index contributed by atoms with van der Waals surface area (Å²) in [4.78, 5) is 25.3. The Bertz CT molecular complexity index is 918. The topological polar surface area (TPSA) is 71.3 Å². The summed E-state index contributed by atoms with van der Waals surface area (Å²) in [5.41, 5.74) is 3.71. The molecule has 0 radical (unpaired) electrons. The average molecular weight is 362 g/mol. The van der Waals surface area contributed by atoms with Crippen molar-refractivity contribution in [2.45, 2.75) is 26.3 Å². The van der Waals surface area contributed by atoms with Gasteiger partial charge in [-0.1, -0.05) is 42.5 Å². The molecule has 0 spiro atoms. The minimum Gasteiger partial charge on any atom is -0.459 e. The van der Waals surface area contributed by atoms with Crippen molar-refractivity contribution in [3.8, 4) is 0 Å². The number of hydrogen-bond donors (Lipinski definition) is 2. The van der Waals surface area contributed by atoms with E-state index < -0.39 is 11.9 Å². The highest BCUT2D eigenvalue weighted by Crippen LogP contribution is 2.17. The van der Waals surface area contributed by atoms with Crippen molar-refractivity contribution in [1.82, 2.24) is 5.32 Å². The molecule has 0 aliphatic carbocycles. The second kappa shape index (κ2) is 8.36. The van der Waals surface area contributed by atoms with Gasteiger partial charge in [0.15, 0.2) is 5.76 Å². The Balaban J connectivity index is 1.80. The third-order valence-electron chi connectivity index (χ3n) is 4.30. The molecule has 0 saturated carbocycles. The van der Waals surface area contributed by atoms with Crippen molar-refractivity contribution in [1.29, 1.82) is 0 Å². The largest absolute Gasteiger partial charge is 0.459 e. The lowest BCUT2D eigenvalue weighted by molar-refractivity contribution is -0.118. The fourth-order valence-electron chi connectivity index (χ4n) is 2.79. The van der Waals surface area contributed by atoms with Gasteiger partial charge in [-0.25, -0.2) is 0 Å². The molecule has 1 atom stereocenters. The van der Waals surface area contributed by atoms with E-state index in [0.29, 0.717) is 6.42 Å². The van der Waals surface area contributed by atoms with Crippen molar-refractivity contribution in [2.24, 2.45) is 0 Å². The third kappa shape index (κ3) is 4.85. The lowest BCUT2D eigenvalue weighted by Gasteiger charge is -2.19. The van der Waals surface area contributed by atoms with E-state index in [1.807, 2.05) is 62.4 Å². The van der Waals surface area contributed by atoms with Gasteiger partial charge in [-0.2, -0.15) is 0 Å². The molecule has 0 aliphatic heterocycles. The average Bonchev–Trinajstić information content (AvgIpc) is 3.20. The van der Waals surface area contributed by atoms with Crippen molar-refractivity contribution in [3.63, 3.8) is 0 Å². The van der Waals surface area contributed by atoms with Crippen molar-refractivity contribution in [3.05, 3.63) is 89.4 Å². The monoisotopic (exact) mass is 362 g/mol. The van der Waals surface area contributed by atoms with Gasteiger partial charge >= 0.3 is 0 Å². The normalized spacial score (nSPS) is 11.6. The number of benzene rings is 2. The summed E-state index contributed by atoms with van der Waals surface area (Å²) in [5.74, 6) is -0.517. The van der Waals surface area contributed by atoms with Gasteiger partial charge in [-0.15, -0.1) is 0 Å². The van der Waals surface area contributed by atoms with Crippen LogP contribution in [0.25, 0.3) is 0 Å². The van der Waals surface area contributed by atoms with Crippen molar-refractivity contribution >= 4 is 17.5 Å². The smallest absolute Gasteiger partial charge is 0.287 e. The van der Waals surface area contributed by atoms with Crippen LogP contribution in [0.15, 0.2) is 71.3 Å².